The van der Waals surface area contributed by atoms with Gasteiger partial charge in [0.15, 0.2) is 0 Å². The third-order valence-electron chi connectivity index (χ3n) is 4.11. The Morgan fingerprint density at radius 2 is 1.93 bits per heavy atom. The molecule has 0 saturated heterocycles. The molecule has 2 bridgehead atoms. The van der Waals surface area contributed by atoms with Crippen LogP contribution in [0.4, 0.5) is 0 Å². The van der Waals surface area contributed by atoms with Gasteiger partial charge < -0.3 is 0 Å². The molecule has 1 N–H and O–H groups in total. The Morgan fingerprint density at radius 1 is 1.13 bits per heavy atom. The molecular weight excluding hydrogens is 212 g/mol. The molecule has 15 heavy (non-hydrogen) atoms. The molecule has 88 valence electrons. The van der Waals surface area contributed by atoms with Crippen LogP contribution in [-0.4, -0.2) is 18.7 Å². The van der Waals surface area contributed by atoms with E-state index in [2.05, 4.69) is 0 Å². The maximum Gasteiger partial charge on any atom is 0.264 e. The summed E-state index contributed by atoms with van der Waals surface area (Å²) in [5.74, 6) is 2.70. The van der Waals surface area contributed by atoms with Crippen LogP contribution >= 0.6 is 0 Å². The number of hydrogen-bond acceptors (Lipinski definition) is 2. The molecule has 0 amide bonds. The predicted molar refractivity (Wildman–Crippen MR) is 59.2 cm³/mol. The number of hydrogen-bond donors (Lipinski definition) is 1. The smallest absolute Gasteiger partial charge is 0.264 e. The molecule has 3 atom stereocenters. The number of rotatable bonds is 5. The molecule has 4 heteroatoms. The van der Waals surface area contributed by atoms with Gasteiger partial charge in [0.25, 0.3) is 10.1 Å². The molecule has 0 aliphatic heterocycles. The highest BCUT2D eigenvalue weighted by atomic mass is 32.2. The topological polar surface area (TPSA) is 54.4 Å². The Hall–Kier alpha value is -0.0900. The van der Waals surface area contributed by atoms with E-state index in [0.29, 0.717) is 6.42 Å². The largest absolute Gasteiger partial charge is 0.286 e. The highest BCUT2D eigenvalue weighted by Gasteiger charge is 2.38. The third-order valence-corrected chi connectivity index (χ3v) is 4.92. The second-order valence-corrected chi connectivity index (χ2v) is 6.79. The summed E-state index contributed by atoms with van der Waals surface area (Å²) in [5.41, 5.74) is 0. The van der Waals surface area contributed by atoms with E-state index in [1.165, 1.54) is 25.7 Å². The van der Waals surface area contributed by atoms with E-state index in [0.717, 1.165) is 30.6 Å². The first kappa shape index (κ1) is 11.4. The third kappa shape index (κ3) is 3.18. The Balaban J connectivity index is 1.63. The van der Waals surface area contributed by atoms with Crippen LogP contribution in [0.15, 0.2) is 0 Å². The molecule has 0 aromatic heterocycles. The molecule has 0 aromatic rings. The zero-order valence-corrected chi connectivity index (χ0v) is 9.88. The summed E-state index contributed by atoms with van der Waals surface area (Å²) in [6.07, 6.45) is 8.34. The quantitative estimate of drug-likeness (QED) is 0.585. The average molecular weight is 232 g/mol. The lowest BCUT2D eigenvalue weighted by molar-refractivity contribution is 0.307. The summed E-state index contributed by atoms with van der Waals surface area (Å²) in [4.78, 5) is 0. The van der Waals surface area contributed by atoms with Gasteiger partial charge in [-0.1, -0.05) is 19.3 Å². The van der Waals surface area contributed by atoms with Crippen molar-refractivity contribution in [3.8, 4) is 0 Å². The normalized spacial score (nSPS) is 34.9. The summed E-state index contributed by atoms with van der Waals surface area (Å²) >= 11 is 0. The molecule has 3 unspecified atom stereocenters. The fourth-order valence-corrected chi connectivity index (χ4v) is 3.99. The molecule has 2 saturated carbocycles. The molecule has 0 heterocycles. The van der Waals surface area contributed by atoms with Gasteiger partial charge in [-0.15, -0.1) is 0 Å². The maximum atomic E-state index is 10.5. The monoisotopic (exact) mass is 232 g/mol. The van der Waals surface area contributed by atoms with Crippen molar-refractivity contribution in [1.29, 1.82) is 0 Å². The van der Waals surface area contributed by atoms with Gasteiger partial charge in [0.1, 0.15) is 0 Å². The van der Waals surface area contributed by atoms with Crippen molar-refractivity contribution in [2.75, 3.05) is 5.75 Å². The minimum atomic E-state index is -3.73. The van der Waals surface area contributed by atoms with Gasteiger partial charge in [-0.3, -0.25) is 4.55 Å². The standard InChI is InChI=1S/C11H20O3S/c12-15(13,14)6-2-1-3-10-7-9-4-5-11(10)8-9/h9-11H,1-8H2,(H,12,13,14). The van der Waals surface area contributed by atoms with Crippen LogP contribution in [0.25, 0.3) is 0 Å². The zero-order valence-electron chi connectivity index (χ0n) is 9.06. The summed E-state index contributed by atoms with van der Waals surface area (Å²) in [6.45, 7) is 0. The Labute approximate surface area is 92.0 Å². The van der Waals surface area contributed by atoms with Gasteiger partial charge in [0.05, 0.1) is 5.75 Å². The molecule has 2 aliphatic carbocycles. The molecule has 2 aliphatic rings. The van der Waals surface area contributed by atoms with Crippen molar-refractivity contribution in [3.05, 3.63) is 0 Å². The minimum absolute atomic E-state index is 0.0617. The van der Waals surface area contributed by atoms with E-state index < -0.39 is 10.1 Å². The van der Waals surface area contributed by atoms with E-state index in [1.54, 1.807) is 0 Å². The first-order valence-corrected chi connectivity index (χ1v) is 7.60. The van der Waals surface area contributed by atoms with Crippen molar-refractivity contribution in [2.45, 2.75) is 44.9 Å². The Morgan fingerprint density at radius 3 is 2.47 bits per heavy atom. The second-order valence-electron chi connectivity index (χ2n) is 5.22. The lowest BCUT2D eigenvalue weighted by atomic mass is 9.85. The van der Waals surface area contributed by atoms with Gasteiger partial charge in [-0.25, -0.2) is 0 Å². The summed E-state index contributed by atoms with van der Waals surface area (Å²) in [6, 6.07) is 0. The van der Waals surface area contributed by atoms with Crippen molar-refractivity contribution >= 4 is 10.1 Å². The van der Waals surface area contributed by atoms with Crippen LogP contribution in [-0.2, 0) is 10.1 Å². The van der Waals surface area contributed by atoms with Crippen LogP contribution in [0, 0.1) is 17.8 Å². The van der Waals surface area contributed by atoms with Gasteiger partial charge in [-0.05, 0) is 43.4 Å². The summed E-state index contributed by atoms with van der Waals surface area (Å²) in [5, 5.41) is 0. The molecule has 0 spiro atoms. The Kier molecular flexibility index (Phi) is 3.36. The van der Waals surface area contributed by atoms with Gasteiger partial charge in [-0.2, -0.15) is 8.42 Å². The Bertz CT molecular complexity index is 310. The number of unbranched alkanes of at least 4 members (excludes halogenated alkanes) is 1. The highest BCUT2D eigenvalue weighted by molar-refractivity contribution is 7.85. The highest BCUT2D eigenvalue weighted by Crippen LogP contribution is 2.49. The predicted octanol–water partition coefficient (Wildman–Crippen LogP) is 2.48. The fraction of sp³-hybridized carbons (Fsp3) is 1.00. The lowest BCUT2D eigenvalue weighted by Gasteiger charge is -2.21. The molecular formula is C11H20O3S. The fourth-order valence-electron chi connectivity index (χ4n) is 3.42. The van der Waals surface area contributed by atoms with E-state index in [1.807, 2.05) is 0 Å². The number of fused-ring (bicyclic) bond motifs is 2. The molecule has 2 fully saturated rings. The van der Waals surface area contributed by atoms with Gasteiger partial charge in [0.2, 0.25) is 0 Å². The summed E-state index contributed by atoms with van der Waals surface area (Å²) < 4.78 is 29.6. The van der Waals surface area contributed by atoms with E-state index >= 15 is 0 Å². The lowest BCUT2D eigenvalue weighted by Crippen LogP contribution is -2.11. The minimum Gasteiger partial charge on any atom is -0.286 e. The van der Waals surface area contributed by atoms with Crippen LogP contribution in [0.3, 0.4) is 0 Å². The van der Waals surface area contributed by atoms with E-state index in [-0.39, 0.29) is 5.75 Å². The zero-order chi connectivity index (χ0) is 10.9. The molecule has 3 nitrogen and oxygen atoms in total. The first-order valence-electron chi connectivity index (χ1n) is 6.00. The van der Waals surface area contributed by atoms with Crippen molar-refractivity contribution in [3.63, 3.8) is 0 Å². The van der Waals surface area contributed by atoms with Crippen LogP contribution in [0.2, 0.25) is 0 Å². The van der Waals surface area contributed by atoms with Crippen molar-refractivity contribution in [2.24, 2.45) is 17.8 Å². The van der Waals surface area contributed by atoms with Crippen LogP contribution < -0.4 is 0 Å². The van der Waals surface area contributed by atoms with E-state index in [9.17, 15) is 8.42 Å². The SMILES string of the molecule is O=S(=O)(O)CCCCC1CC2CCC1C2. The maximum absolute atomic E-state index is 10.5. The summed E-state index contributed by atoms with van der Waals surface area (Å²) in [7, 11) is -3.73. The second kappa shape index (κ2) is 4.42. The molecule has 0 aromatic carbocycles. The van der Waals surface area contributed by atoms with Crippen LogP contribution in [0.1, 0.15) is 44.9 Å². The van der Waals surface area contributed by atoms with Gasteiger partial charge >= 0.3 is 0 Å². The van der Waals surface area contributed by atoms with Crippen molar-refractivity contribution in [1.82, 2.24) is 0 Å². The average Bonchev–Trinajstić information content (AvgIpc) is 2.71. The van der Waals surface area contributed by atoms with Crippen molar-refractivity contribution < 1.29 is 13.0 Å². The van der Waals surface area contributed by atoms with Gasteiger partial charge in [0, 0.05) is 0 Å². The first-order chi connectivity index (χ1) is 7.04. The molecule has 2 rings (SSSR count). The van der Waals surface area contributed by atoms with E-state index in [4.69, 9.17) is 4.55 Å². The molecule has 0 radical (unpaired) electrons. The van der Waals surface area contributed by atoms with Crippen LogP contribution in [0.5, 0.6) is 0 Å².